The van der Waals surface area contributed by atoms with E-state index in [0.717, 1.165) is 12.1 Å². The number of nitrogens with two attached hydrogens (primary N) is 1. The molecule has 3 N–H and O–H groups in total. The second-order valence-electron chi connectivity index (χ2n) is 3.42. The molecule has 0 radical (unpaired) electrons. The molecule has 1 aromatic rings. The Labute approximate surface area is 105 Å². The van der Waals surface area contributed by atoms with Gasteiger partial charge in [0, 0.05) is 0 Å². The number of aromatic carboxylic acids is 1. The zero-order valence-corrected chi connectivity index (χ0v) is 9.96. The van der Waals surface area contributed by atoms with Crippen LogP contribution < -0.4 is 9.88 Å². The third-order valence-electron chi connectivity index (χ3n) is 1.89. The maximum atomic E-state index is 12.0. The Morgan fingerprint density at radius 2 is 1.95 bits per heavy atom. The summed E-state index contributed by atoms with van der Waals surface area (Å²) in [6.07, 6.45) is -4.67. The van der Waals surface area contributed by atoms with Crippen molar-refractivity contribution in [2.24, 2.45) is 5.14 Å². The fourth-order valence-electron chi connectivity index (χ4n) is 1.14. The van der Waals surface area contributed by atoms with Gasteiger partial charge in [0.05, 0.1) is 5.56 Å². The topological polar surface area (TPSA) is 107 Å². The van der Waals surface area contributed by atoms with Crippen LogP contribution in [0.1, 0.15) is 10.4 Å². The van der Waals surface area contributed by atoms with Gasteiger partial charge in [0.1, 0.15) is 10.6 Å². The van der Waals surface area contributed by atoms with Gasteiger partial charge in [-0.05, 0) is 18.2 Å². The molecule has 0 aliphatic carbocycles. The van der Waals surface area contributed by atoms with Crippen molar-refractivity contribution in [1.29, 1.82) is 0 Å². The summed E-state index contributed by atoms with van der Waals surface area (Å²) in [7, 11) is -4.41. The Balaban J connectivity index is 3.21. The van der Waals surface area contributed by atoms with Gasteiger partial charge in [-0.2, -0.15) is 13.2 Å². The fraction of sp³-hybridized carbons (Fsp3) is 0.222. The molecule has 1 aromatic carbocycles. The van der Waals surface area contributed by atoms with E-state index in [0.29, 0.717) is 6.07 Å². The highest BCUT2D eigenvalue weighted by Crippen LogP contribution is 2.26. The number of hydrogen-bond acceptors (Lipinski definition) is 4. The van der Waals surface area contributed by atoms with E-state index in [2.05, 4.69) is 4.74 Å². The number of alkyl halides is 3. The van der Waals surface area contributed by atoms with E-state index in [4.69, 9.17) is 10.2 Å². The van der Waals surface area contributed by atoms with Crippen molar-refractivity contribution in [1.82, 2.24) is 0 Å². The molecule has 0 amide bonds. The molecular formula is C9H8F3NO5S. The number of rotatable bonds is 4. The van der Waals surface area contributed by atoms with Crippen LogP contribution in [0.3, 0.4) is 0 Å². The van der Waals surface area contributed by atoms with E-state index in [9.17, 15) is 26.4 Å². The van der Waals surface area contributed by atoms with Crippen LogP contribution in [0.15, 0.2) is 23.1 Å². The molecule has 10 heteroatoms. The average molecular weight is 299 g/mol. The highest BCUT2D eigenvalue weighted by molar-refractivity contribution is 7.89. The van der Waals surface area contributed by atoms with Crippen molar-refractivity contribution in [3.8, 4) is 5.75 Å². The molecule has 19 heavy (non-hydrogen) atoms. The summed E-state index contributed by atoms with van der Waals surface area (Å²) in [5.74, 6) is -2.11. The molecule has 0 aromatic heterocycles. The first-order valence-electron chi connectivity index (χ1n) is 4.60. The van der Waals surface area contributed by atoms with Crippen molar-refractivity contribution in [2.45, 2.75) is 11.1 Å². The van der Waals surface area contributed by atoms with Crippen molar-refractivity contribution in [3.05, 3.63) is 23.8 Å². The van der Waals surface area contributed by atoms with Gasteiger partial charge in [0.15, 0.2) is 6.61 Å². The van der Waals surface area contributed by atoms with Crippen molar-refractivity contribution in [2.75, 3.05) is 6.61 Å². The number of hydrogen-bond donors (Lipinski definition) is 2. The minimum atomic E-state index is -4.67. The van der Waals surface area contributed by atoms with Crippen LogP contribution in [0.4, 0.5) is 13.2 Å². The minimum absolute atomic E-state index is 0.441. The van der Waals surface area contributed by atoms with Gasteiger partial charge in [-0.25, -0.2) is 18.4 Å². The third kappa shape index (κ3) is 4.41. The monoisotopic (exact) mass is 299 g/mol. The molecule has 0 saturated heterocycles. The lowest BCUT2D eigenvalue weighted by Gasteiger charge is -2.12. The molecule has 0 fully saturated rings. The van der Waals surface area contributed by atoms with Crippen LogP contribution in [0.2, 0.25) is 0 Å². The van der Waals surface area contributed by atoms with Crippen LogP contribution in [0.5, 0.6) is 5.75 Å². The molecule has 0 atom stereocenters. The van der Waals surface area contributed by atoms with Crippen LogP contribution in [0, 0.1) is 0 Å². The van der Waals surface area contributed by atoms with E-state index in [1.807, 2.05) is 0 Å². The highest BCUT2D eigenvalue weighted by atomic mass is 32.2. The van der Waals surface area contributed by atoms with Crippen LogP contribution in [0.25, 0.3) is 0 Å². The number of primary sulfonamides is 1. The van der Waals surface area contributed by atoms with E-state index in [1.54, 1.807) is 0 Å². The van der Waals surface area contributed by atoms with Crippen LogP contribution in [-0.4, -0.2) is 32.3 Å². The number of benzene rings is 1. The number of sulfonamides is 1. The molecule has 6 nitrogen and oxygen atoms in total. The lowest BCUT2D eigenvalue weighted by Crippen LogP contribution is -2.21. The van der Waals surface area contributed by atoms with Gasteiger partial charge in [-0.1, -0.05) is 0 Å². The third-order valence-corrected chi connectivity index (χ3v) is 2.82. The first-order chi connectivity index (χ1) is 8.50. The largest absolute Gasteiger partial charge is 0.483 e. The molecule has 1 rings (SSSR count). The molecular weight excluding hydrogens is 291 g/mol. The molecule has 0 unspecified atom stereocenters. The molecule has 0 aliphatic rings. The summed E-state index contributed by atoms with van der Waals surface area (Å²) >= 11 is 0. The van der Waals surface area contributed by atoms with Gasteiger partial charge >= 0.3 is 12.1 Å². The molecule has 0 saturated carbocycles. The van der Waals surface area contributed by atoms with Gasteiger partial charge in [-0.15, -0.1) is 0 Å². The van der Waals surface area contributed by atoms with Crippen molar-refractivity contribution >= 4 is 16.0 Å². The summed E-state index contributed by atoms with van der Waals surface area (Å²) in [4.78, 5) is 9.83. The van der Waals surface area contributed by atoms with Gasteiger partial charge in [0.25, 0.3) is 0 Å². The number of carboxylic acid groups (broad SMARTS) is 1. The Morgan fingerprint density at radius 3 is 2.37 bits per heavy atom. The Bertz CT molecular complexity index is 596. The van der Waals surface area contributed by atoms with E-state index < -0.39 is 45.0 Å². The van der Waals surface area contributed by atoms with E-state index in [1.165, 1.54) is 0 Å². The molecule has 0 spiro atoms. The quantitative estimate of drug-likeness (QED) is 0.861. The molecule has 106 valence electrons. The number of ether oxygens (including phenoxy) is 1. The lowest BCUT2D eigenvalue weighted by molar-refractivity contribution is -0.153. The number of carboxylic acids is 1. The Hall–Kier alpha value is -1.81. The first-order valence-corrected chi connectivity index (χ1v) is 6.15. The van der Waals surface area contributed by atoms with Crippen molar-refractivity contribution < 1.29 is 36.2 Å². The summed E-state index contributed by atoms with van der Waals surface area (Å²) in [5.41, 5.74) is -0.441. The zero-order valence-electron chi connectivity index (χ0n) is 9.14. The maximum Gasteiger partial charge on any atom is 0.422 e. The summed E-state index contributed by atoms with van der Waals surface area (Å²) < 4.78 is 62.6. The van der Waals surface area contributed by atoms with Gasteiger partial charge in [0.2, 0.25) is 10.0 Å². The SMILES string of the molecule is NS(=O)(=O)c1cc(C(=O)O)ccc1OCC(F)(F)F. The predicted octanol–water partition coefficient (Wildman–Crippen LogP) is 0.973. The Morgan fingerprint density at radius 1 is 1.37 bits per heavy atom. The van der Waals surface area contributed by atoms with Crippen LogP contribution >= 0.6 is 0 Å². The van der Waals surface area contributed by atoms with Crippen LogP contribution in [-0.2, 0) is 10.0 Å². The normalized spacial score (nSPS) is 12.2. The maximum absolute atomic E-state index is 12.0. The summed E-state index contributed by atoms with van der Waals surface area (Å²) in [6, 6.07) is 2.33. The van der Waals surface area contributed by atoms with Crippen molar-refractivity contribution in [3.63, 3.8) is 0 Å². The standard InChI is InChI=1S/C9H8F3NO5S/c10-9(11,12)4-18-6-2-1-5(8(14)15)3-7(6)19(13,16)17/h1-3H,4H2,(H,14,15)(H2,13,16,17). The smallest absolute Gasteiger partial charge is 0.422 e. The van der Waals surface area contributed by atoms with Gasteiger partial charge in [-0.3, -0.25) is 0 Å². The fourth-order valence-corrected chi connectivity index (χ4v) is 1.84. The number of carbonyl (C=O) groups is 1. The molecule has 0 heterocycles. The summed E-state index contributed by atoms with van der Waals surface area (Å²) in [5, 5.41) is 13.5. The highest BCUT2D eigenvalue weighted by Gasteiger charge is 2.29. The second-order valence-corrected chi connectivity index (χ2v) is 4.95. The lowest BCUT2D eigenvalue weighted by atomic mass is 10.2. The number of halogens is 3. The van der Waals surface area contributed by atoms with E-state index in [-0.39, 0.29) is 0 Å². The zero-order chi connectivity index (χ0) is 14.8. The summed E-state index contributed by atoms with van der Waals surface area (Å²) in [6.45, 7) is -1.72. The van der Waals surface area contributed by atoms with Gasteiger partial charge < -0.3 is 9.84 Å². The first kappa shape index (κ1) is 15.2. The minimum Gasteiger partial charge on any atom is -0.483 e. The molecule has 0 aliphatic heterocycles. The second kappa shape index (κ2) is 5.05. The Kier molecular flexibility index (Phi) is 4.06. The van der Waals surface area contributed by atoms with E-state index >= 15 is 0 Å². The average Bonchev–Trinajstić information content (AvgIpc) is 2.23. The predicted molar refractivity (Wildman–Crippen MR) is 56.3 cm³/mol. The molecule has 0 bridgehead atoms.